The molecule has 2 aromatic rings. The second-order valence-corrected chi connectivity index (χ2v) is 6.78. The Morgan fingerprint density at radius 2 is 1.84 bits per heavy atom. The van der Waals surface area contributed by atoms with Gasteiger partial charge in [-0.05, 0) is 42.8 Å². The predicted octanol–water partition coefficient (Wildman–Crippen LogP) is 1.64. The van der Waals surface area contributed by atoms with E-state index in [0.717, 1.165) is 5.56 Å². The van der Waals surface area contributed by atoms with Gasteiger partial charge in [-0.2, -0.15) is 0 Å². The number of amides is 1. The number of ether oxygens (including phenoxy) is 3. The number of fused-ring (bicyclic) bond motifs is 1. The molecule has 0 saturated heterocycles. The summed E-state index contributed by atoms with van der Waals surface area (Å²) in [4.78, 5) is 35.5. The van der Waals surface area contributed by atoms with E-state index in [0.29, 0.717) is 11.3 Å². The van der Waals surface area contributed by atoms with Crippen LogP contribution in [0.3, 0.4) is 0 Å². The van der Waals surface area contributed by atoms with Crippen molar-refractivity contribution < 1.29 is 38.8 Å². The number of aliphatic hydroxyl groups excluding tert-OH is 1. The number of carbonyl (C=O) groups is 3. The third-order valence-corrected chi connectivity index (χ3v) is 4.49. The number of aliphatic carboxylic acids is 1. The molecule has 1 aliphatic heterocycles. The van der Waals surface area contributed by atoms with E-state index in [4.69, 9.17) is 19.3 Å². The molecule has 0 saturated carbocycles. The van der Waals surface area contributed by atoms with E-state index >= 15 is 0 Å². The van der Waals surface area contributed by atoms with E-state index in [1.807, 2.05) is 0 Å². The molecule has 3 N–H and O–H groups in total. The molecule has 1 heterocycles. The molecule has 0 radical (unpaired) electrons. The zero-order valence-corrected chi connectivity index (χ0v) is 16.8. The van der Waals surface area contributed by atoms with Gasteiger partial charge in [-0.15, -0.1) is 0 Å². The van der Waals surface area contributed by atoms with Crippen LogP contribution < -0.4 is 19.5 Å². The number of hydrogen-bond acceptors (Lipinski definition) is 7. The number of carbonyl (C=O) groups excluding carboxylic acids is 2. The van der Waals surface area contributed by atoms with Crippen molar-refractivity contribution in [3.8, 4) is 17.2 Å². The standard InChI is InChI=1S/C22H21NO8/c1-12(24)20(22(27)28)23-19(25)11-30-15-7-8-16-17(10-15)31-18(21(16)26)9-13-3-5-14(29-2)6-4-13/h3-10,12,20,24H,11H2,1-2H3,(H,23,25)(H,27,28). The molecule has 9 heteroatoms. The number of Topliss-reactive ketones (excluding diaryl/α,β-unsaturated/α-hetero) is 1. The van der Waals surface area contributed by atoms with Crippen LogP contribution in [0, 0.1) is 0 Å². The van der Waals surface area contributed by atoms with Crippen molar-refractivity contribution in [3.63, 3.8) is 0 Å². The van der Waals surface area contributed by atoms with Gasteiger partial charge < -0.3 is 29.7 Å². The van der Waals surface area contributed by atoms with Gasteiger partial charge in [-0.1, -0.05) is 12.1 Å². The van der Waals surface area contributed by atoms with Crippen LogP contribution in [0.5, 0.6) is 17.2 Å². The number of allylic oxidation sites excluding steroid dienone is 1. The summed E-state index contributed by atoms with van der Waals surface area (Å²) >= 11 is 0. The average molecular weight is 427 g/mol. The normalized spacial score (nSPS) is 15.6. The largest absolute Gasteiger partial charge is 0.497 e. The molecule has 0 aromatic heterocycles. The smallest absolute Gasteiger partial charge is 0.328 e. The quantitative estimate of drug-likeness (QED) is 0.542. The molecule has 0 spiro atoms. The summed E-state index contributed by atoms with van der Waals surface area (Å²) in [6.45, 7) is 0.781. The summed E-state index contributed by atoms with van der Waals surface area (Å²) in [6.07, 6.45) is 0.342. The lowest BCUT2D eigenvalue weighted by Crippen LogP contribution is -2.49. The maximum Gasteiger partial charge on any atom is 0.328 e. The van der Waals surface area contributed by atoms with Crippen LogP contribution >= 0.6 is 0 Å². The molecule has 31 heavy (non-hydrogen) atoms. The van der Waals surface area contributed by atoms with E-state index < -0.39 is 30.6 Å². The Hall–Kier alpha value is -3.85. The van der Waals surface area contributed by atoms with Crippen LogP contribution in [-0.4, -0.2) is 53.7 Å². The topological polar surface area (TPSA) is 131 Å². The van der Waals surface area contributed by atoms with Gasteiger partial charge in [0, 0.05) is 6.07 Å². The van der Waals surface area contributed by atoms with Gasteiger partial charge in [0.25, 0.3) is 5.91 Å². The summed E-state index contributed by atoms with van der Waals surface area (Å²) in [5, 5.41) is 20.6. The number of aliphatic hydroxyl groups is 1. The van der Waals surface area contributed by atoms with Crippen molar-refractivity contribution in [1.29, 1.82) is 0 Å². The molecule has 1 aliphatic rings. The maximum absolute atomic E-state index is 12.5. The summed E-state index contributed by atoms with van der Waals surface area (Å²) in [7, 11) is 1.56. The molecule has 162 valence electrons. The first-order valence-electron chi connectivity index (χ1n) is 9.34. The molecule has 2 atom stereocenters. The summed E-state index contributed by atoms with van der Waals surface area (Å²) in [5.74, 6) is -0.966. The fourth-order valence-corrected chi connectivity index (χ4v) is 2.86. The van der Waals surface area contributed by atoms with E-state index in [2.05, 4.69) is 5.32 Å². The van der Waals surface area contributed by atoms with Gasteiger partial charge >= 0.3 is 5.97 Å². The highest BCUT2D eigenvalue weighted by Gasteiger charge is 2.28. The minimum atomic E-state index is -1.44. The fraction of sp³-hybridized carbons (Fsp3) is 0.227. The Labute approximate surface area is 177 Å². The van der Waals surface area contributed by atoms with Gasteiger partial charge in [0.15, 0.2) is 18.4 Å². The summed E-state index contributed by atoms with van der Waals surface area (Å²) < 4.78 is 16.1. The van der Waals surface area contributed by atoms with Crippen molar-refractivity contribution in [2.24, 2.45) is 0 Å². The van der Waals surface area contributed by atoms with Crippen LogP contribution in [-0.2, 0) is 9.59 Å². The second-order valence-electron chi connectivity index (χ2n) is 6.78. The first-order valence-corrected chi connectivity index (χ1v) is 9.34. The predicted molar refractivity (Wildman–Crippen MR) is 109 cm³/mol. The molecule has 2 unspecified atom stereocenters. The number of carboxylic acids is 1. The zero-order valence-electron chi connectivity index (χ0n) is 16.8. The van der Waals surface area contributed by atoms with Crippen LogP contribution in [0.15, 0.2) is 48.2 Å². The average Bonchev–Trinajstić information content (AvgIpc) is 3.05. The Kier molecular flexibility index (Phi) is 6.56. The number of rotatable bonds is 8. The van der Waals surface area contributed by atoms with Crippen molar-refractivity contribution in [2.45, 2.75) is 19.1 Å². The van der Waals surface area contributed by atoms with E-state index in [-0.39, 0.29) is 23.0 Å². The highest BCUT2D eigenvalue weighted by atomic mass is 16.5. The summed E-state index contributed by atoms with van der Waals surface area (Å²) in [6, 6.07) is 10.2. The number of benzene rings is 2. The minimum absolute atomic E-state index is 0.149. The van der Waals surface area contributed by atoms with E-state index in [1.165, 1.54) is 25.1 Å². The number of nitrogens with one attached hydrogen (secondary N) is 1. The molecule has 0 bridgehead atoms. The highest BCUT2D eigenvalue weighted by Crippen LogP contribution is 2.35. The van der Waals surface area contributed by atoms with Crippen LogP contribution in [0.4, 0.5) is 0 Å². The number of methoxy groups -OCH3 is 1. The summed E-state index contributed by atoms with van der Waals surface area (Å²) in [5.41, 5.74) is 1.12. The number of ketones is 1. The lowest BCUT2D eigenvalue weighted by atomic mass is 10.1. The third-order valence-electron chi connectivity index (χ3n) is 4.49. The lowest BCUT2D eigenvalue weighted by molar-refractivity contribution is -0.145. The highest BCUT2D eigenvalue weighted by molar-refractivity contribution is 6.14. The van der Waals surface area contributed by atoms with Crippen molar-refractivity contribution >= 4 is 23.7 Å². The SMILES string of the molecule is COc1ccc(C=C2Oc3cc(OCC(=O)NC(C(=O)O)C(C)O)ccc3C2=O)cc1. The van der Waals surface area contributed by atoms with E-state index in [1.54, 1.807) is 37.5 Å². The number of hydrogen-bond donors (Lipinski definition) is 3. The molecule has 1 amide bonds. The van der Waals surface area contributed by atoms with Crippen molar-refractivity contribution in [1.82, 2.24) is 5.32 Å². The molecule has 0 aliphatic carbocycles. The monoisotopic (exact) mass is 427 g/mol. The fourth-order valence-electron chi connectivity index (χ4n) is 2.86. The first-order chi connectivity index (χ1) is 14.8. The van der Waals surface area contributed by atoms with Gasteiger partial charge in [0.2, 0.25) is 5.78 Å². The second kappa shape index (κ2) is 9.31. The van der Waals surface area contributed by atoms with Gasteiger partial charge in [0.05, 0.1) is 18.8 Å². The molecule has 9 nitrogen and oxygen atoms in total. The maximum atomic E-state index is 12.5. The molecular weight excluding hydrogens is 406 g/mol. The van der Waals surface area contributed by atoms with Gasteiger partial charge in [0.1, 0.15) is 17.2 Å². The molecule has 0 fully saturated rings. The van der Waals surface area contributed by atoms with Gasteiger partial charge in [-0.3, -0.25) is 9.59 Å². The lowest BCUT2D eigenvalue weighted by Gasteiger charge is -2.17. The molecule has 3 rings (SSSR count). The van der Waals surface area contributed by atoms with Crippen LogP contribution in [0.1, 0.15) is 22.8 Å². The minimum Gasteiger partial charge on any atom is -0.497 e. The number of carboxylic acid groups (broad SMARTS) is 1. The Morgan fingerprint density at radius 3 is 2.45 bits per heavy atom. The Morgan fingerprint density at radius 1 is 1.16 bits per heavy atom. The Bertz CT molecular complexity index is 1030. The Balaban J connectivity index is 1.65. The van der Waals surface area contributed by atoms with Crippen molar-refractivity contribution in [3.05, 3.63) is 59.4 Å². The molecule has 2 aromatic carbocycles. The third kappa shape index (κ3) is 5.20. The zero-order chi connectivity index (χ0) is 22.5. The van der Waals surface area contributed by atoms with Gasteiger partial charge in [-0.25, -0.2) is 4.79 Å². The van der Waals surface area contributed by atoms with Crippen LogP contribution in [0.25, 0.3) is 6.08 Å². The molecular formula is C22H21NO8. The first kappa shape index (κ1) is 21.8. The van der Waals surface area contributed by atoms with Crippen molar-refractivity contribution in [2.75, 3.05) is 13.7 Å². The van der Waals surface area contributed by atoms with Crippen LogP contribution in [0.2, 0.25) is 0 Å². The van der Waals surface area contributed by atoms with E-state index in [9.17, 15) is 19.5 Å².